The van der Waals surface area contributed by atoms with Gasteiger partial charge in [-0.2, -0.15) is 0 Å². The Labute approximate surface area is 107 Å². The molecule has 0 aliphatic heterocycles. The van der Waals surface area contributed by atoms with Crippen LogP contribution in [-0.2, 0) is 0 Å². The van der Waals surface area contributed by atoms with E-state index in [0.29, 0.717) is 0 Å². The van der Waals surface area contributed by atoms with Gasteiger partial charge >= 0.3 is 0 Å². The summed E-state index contributed by atoms with van der Waals surface area (Å²) >= 11 is 5.86. The molecule has 0 heterocycles. The minimum atomic E-state index is -2.91. The number of hydrogen-bond donors (Lipinski definition) is 5. The van der Waals surface area contributed by atoms with Gasteiger partial charge in [0, 0.05) is 22.8 Å². The van der Waals surface area contributed by atoms with Gasteiger partial charge in [0.2, 0.25) is 0 Å². The monoisotopic (exact) mass is 257 g/mol. The predicted octanol–water partition coefficient (Wildman–Crippen LogP) is -0.890. The van der Waals surface area contributed by atoms with Gasteiger partial charge in [-0.05, 0) is 25.6 Å². The smallest absolute Gasteiger partial charge is 0.166 e. The number of aliphatic hydroxyl groups is 3. The fraction of sp³-hybridized carbons (Fsp3) is 1.00. The Hall–Kier alpha value is 0.0900. The number of rotatable bonds is 4. The Balaban J connectivity index is 3.04. The molecule has 1 rings (SSSR count). The van der Waals surface area contributed by atoms with E-state index < -0.39 is 54.9 Å². The molecule has 0 radical (unpaired) electrons. The normalized spacial score (nSPS) is 51.7. The van der Waals surface area contributed by atoms with Gasteiger partial charge < -0.3 is 26.8 Å². The molecule has 5 nitrogen and oxygen atoms in total. The molecule has 7 N–H and O–H groups in total. The lowest BCUT2D eigenvalue weighted by Gasteiger charge is -2.35. The molecule has 0 aromatic heterocycles. The molecule has 0 bridgehead atoms. The molecule has 96 valence electrons. The third-order valence-electron chi connectivity index (χ3n) is 2.53. The minimum absolute atomic E-state index is 0.0804. The molecule has 0 aromatic rings. The van der Waals surface area contributed by atoms with Crippen LogP contribution in [0.5, 0.6) is 0 Å². The van der Waals surface area contributed by atoms with Gasteiger partial charge in [-0.1, -0.05) is 0 Å². The van der Waals surface area contributed by atoms with Crippen LogP contribution < -0.4 is 11.5 Å². The average Bonchev–Trinajstić information content (AvgIpc) is 2.39. The van der Waals surface area contributed by atoms with Gasteiger partial charge in [-0.15, -0.1) is 11.6 Å². The first kappa shape index (κ1) is 8.24. The summed E-state index contributed by atoms with van der Waals surface area (Å²) in [5.74, 6) is -1.05. The van der Waals surface area contributed by atoms with Crippen LogP contribution in [0.3, 0.4) is 0 Å². The van der Waals surface area contributed by atoms with Crippen molar-refractivity contribution < 1.29 is 22.2 Å². The third kappa shape index (κ3) is 3.84. The summed E-state index contributed by atoms with van der Waals surface area (Å²) in [5.41, 5.74) is 11.0. The summed E-state index contributed by atoms with van der Waals surface area (Å²) in [6, 6.07) is -3.91. The molecule has 1 fully saturated rings. The predicted molar refractivity (Wildman–Crippen MR) is 61.8 cm³/mol. The molecule has 1 aliphatic carbocycles. The van der Waals surface area contributed by atoms with Crippen LogP contribution in [0.15, 0.2) is 0 Å². The van der Waals surface area contributed by atoms with Crippen molar-refractivity contribution in [1.82, 2.24) is 0 Å². The van der Waals surface area contributed by atoms with E-state index in [-0.39, 0.29) is 6.42 Å². The summed E-state index contributed by atoms with van der Waals surface area (Å²) in [7, 11) is 0. The molecule has 1 aliphatic rings. The van der Waals surface area contributed by atoms with Crippen LogP contribution in [0, 0.1) is 5.92 Å². The molecule has 0 aromatic carbocycles. The summed E-state index contributed by atoms with van der Waals surface area (Å²) in [6.45, 7) is 0. The molecule has 0 saturated heterocycles. The van der Waals surface area contributed by atoms with E-state index in [2.05, 4.69) is 0 Å². The summed E-state index contributed by atoms with van der Waals surface area (Å²) in [6.07, 6.45) is -9.48. The highest BCUT2D eigenvalue weighted by atomic mass is 35.5. The standard InChI is InChI=1S/C10H21ClN2O3/c11-5-1-2-6(7(12)3-5)9(14)4-8(13)10(15)16/h5-10,14-16H,1-4,12-13H2/i1D,3D,4D2,8D. The molecular weight excluding hydrogens is 232 g/mol. The van der Waals surface area contributed by atoms with Crippen molar-refractivity contribution in [3.63, 3.8) is 0 Å². The third-order valence-corrected chi connectivity index (χ3v) is 2.86. The highest BCUT2D eigenvalue weighted by Gasteiger charge is 2.33. The Bertz CT molecular complexity index is 377. The van der Waals surface area contributed by atoms with Crippen molar-refractivity contribution >= 4 is 11.6 Å². The van der Waals surface area contributed by atoms with Crippen LogP contribution in [-0.4, -0.2) is 45.2 Å². The van der Waals surface area contributed by atoms with E-state index in [1.807, 2.05) is 0 Å². The molecule has 7 unspecified atom stereocenters. The maximum Gasteiger partial charge on any atom is 0.166 e. The van der Waals surface area contributed by atoms with Crippen LogP contribution in [0.4, 0.5) is 0 Å². The topological polar surface area (TPSA) is 113 Å². The molecule has 0 spiro atoms. The Morgan fingerprint density at radius 2 is 2.19 bits per heavy atom. The SMILES string of the molecule is [2H]C1CC(C(O)C([2H])([2H])C([2H])(N)C(O)O)C(N)C([2H])C1Cl. The first-order valence-electron chi connectivity index (χ1n) is 7.58. The second kappa shape index (κ2) is 6.14. The zero-order chi connectivity index (χ0) is 16.7. The molecule has 0 amide bonds. The fourth-order valence-electron chi connectivity index (χ4n) is 1.57. The maximum absolute atomic E-state index is 10.2. The van der Waals surface area contributed by atoms with Crippen molar-refractivity contribution in [2.45, 2.75) is 55.4 Å². The molecule has 7 atom stereocenters. The van der Waals surface area contributed by atoms with E-state index in [1.54, 1.807) is 0 Å². The van der Waals surface area contributed by atoms with E-state index in [4.69, 9.17) is 40.1 Å². The lowest BCUT2D eigenvalue weighted by Crippen LogP contribution is -2.46. The van der Waals surface area contributed by atoms with E-state index in [0.717, 1.165) is 0 Å². The number of aliphatic hydroxyl groups excluding tert-OH is 2. The van der Waals surface area contributed by atoms with E-state index in [9.17, 15) is 5.11 Å². The fourth-order valence-corrected chi connectivity index (χ4v) is 1.84. The van der Waals surface area contributed by atoms with Crippen LogP contribution >= 0.6 is 11.6 Å². The average molecular weight is 258 g/mol. The number of hydrogen-bond acceptors (Lipinski definition) is 5. The van der Waals surface area contributed by atoms with Crippen molar-refractivity contribution in [3.8, 4) is 0 Å². The van der Waals surface area contributed by atoms with Crippen molar-refractivity contribution in [3.05, 3.63) is 0 Å². The second-order valence-electron chi connectivity index (χ2n) is 3.77. The number of nitrogens with two attached hydrogens (primary N) is 2. The molecule has 1 saturated carbocycles. The summed E-state index contributed by atoms with van der Waals surface area (Å²) < 4.78 is 38.6. The van der Waals surface area contributed by atoms with Crippen molar-refractivity contribution in [2.24, 2.45) is 17.4 Å². The van der Waals surface area contributed by atoms with E-state index >= 15 is 0 Å². The van der Waals surface area contributed by atoms with Gasteiger partial charge in [0.25, 0.3) is 0 Å². The van der Waals surface area contributed by atoms with Crippen LogP contribution in [0.25, 0.3) is 0 Å². The molecule has 6 heteroatoms. The number of alkyl halides is 1. The Kier molecular flexibility index (Phi) is 3.16. The molecular formula is C10H21ClN2O3. The van der Waals surface area contributed by atoms with Crippen LogP contribution in [0.1, 0.15) is 32.4 Å². The van der Waals surface area contributed by atoms with E-state index in [1.165, 1.54) is 0 Å². The quantitative estimate of drug-likeness (QED) is 0.331. The Morgan fingerprint density at radius 3 is 2.75 bits per heavy atom. The van der Waals surface area contributed by atoms with Gasteiger partial charge in [0.15, 0.2) is 6.29 Å². The van der Waals surface area contributed by atoms with Crippen molar-refractivity contribution in [2.75, 3.05) is 0 Å². The van der Waals surface area contributed by atoms with Crippen molar-refractivity contribution in [1.29, 1.82) is 0 Å². The lowest BCUT2D eigenvalue weighted by atomic mass is 9.79. The van der Waals surface area contributed by atoms with Gasteiger partial charge in [-0.3, -0.25) is 0 Å². The lowest BCUT2D eigenvalue weighted by molar-refractivity contribution is -0.0721. The summed E-state index contributed by atoms with van der Waals surface area (Å²) in [4.78, 5) is 0. The van der Waals surface area contributed by atoms with Gasteiger partial charge in [-0.25, -0.2) is 0 Å². The highest BCUT2D eigenvalue weighted by molar-refractivity contribution is 6.20. The number of halogens is 1. The van der Waals surface area contributed by atoms with Crippen LogP contribution in [0.2, 0.25) is 0 Å². The first-order chi connectivity index (χ1) is 9.35. The summed E-state index contributed by atoms with van der Waals surface area (Å²) in [5, 5.41) is 27.4. The maximum atomic E-state index is 10.2. The largest absolute Gasteiger partial charge is 0.393 e. The zero-order valence-corrected chi connectivity index (χ0v) is 9.38. The second-order valence-corrected chi connectivity index (χ2v) is 4.27. The zero-order valence-electron chi connectivity index (χ0n) is 13.6. The first-order valence-corrected chi connectivity index (χ1v) is 5.36. The molecule has 16 heavy (non-hydrogen) atoms. The Morgan fingerprint density at radius 1 is 1.56 bits per heavy atom. The highest BCUT2D eigenvalue weighted by Crippen LogP contribution is 2.30. The minimum Gasteiger partial charge on any atom is -0.393 e. The van der Waals surface area contributed by atoms with Gasteiger partial charge in [0.05, 0.1) is 13.5 Å². The van der Waals surface area contributed by atoms with Gasteiger partial charge in [0.1, 0.15) is 0 Å².